The molecular weight excluding hydrogens is 240 g/mol. The van der Waals surface area contributed by atoms with E-state index in [2.05, 4.69) is 35.9 Å². The molecule has 1 aromatic heterocycles. The van der Waals surface area contributed by atoms with E-state index in [0.717, 1.165) is 18.6 Å². The summed E-state index contributed by atoms with van der Waals surface area (Å²) in [5.41, 5.74) is 1.19. The molecule has 0 amide bonds. The average molecular weight is 259 g/mol. The van der Waals surface area contributed by atoms with Gasteiger partial charge in [-0.3, -0.25) is 4.68 Å². The summed E-state index contributed by atoms with van der Waals surface area (Å²) in [6.07, 6.45) is 4.25. The Morgan fingerprint density at radius 3 is 3.06 bits per heavy atom. The molecule has 0 bridgehead atoms. The Labute approximate surface area is 107 Å². The summed E-state index contributed by atoms with van der Waals surface area (Å²) in [5, 5.41) is 4.96. The van der Waals surface area contributed by atoms with E-state index < -0.39 is 0 Å². The van der Waals surface area contributed by atoms with Gasteiger partial charge in [0, 0.05) is 23.4 Å². The minimum Gasteiger partial charge on any atom is -0.270 e. The van der Waals surface area contributed by atoms with Crippen molar-refractivity contribution < 1.29 is 0 Å². The minimum atomic E-state index is 0.332. The van der Waals surface area contributed by atoms with E-state index in [4.69, 9.17) is 11.6 Å². The Bertz CT molecular complexity index is 340. The van der Waals surface area contributed by atoms with Gasteiger partial charge in [0.25, 0.3) is 0 Å². The van der Waals surface area contributed by atoms with Gasteiger partial charge in [-0.1, -0.05) is 6.92 Å². The maximum atomic E-state index is 6.27. The molecule has 2 heterocycles. The summed E-state index contributed by atoms with van der Waals surface area (Å²) in [4.78, 5) is 0. The van der Waals surface area contributed by atoms with Crippen LogP contribution in [0.1, 0.15) is 32.0 Å². The number of halogens is 1. The van der Waals surface area contributed by atoms with Gasteiger partial charge in [-0.05, 0) is 37.5 Å². The van der Waals surface area contributed by atoms with Crippen molar-refractivity contribution in [3.05, 3.63) is 18.0 Å². The number of hydrogen-bond donors (Lipinski definition) is 0. The Hall–Kier alpha value is -0.150. The molecule has 0 aliphatic carbocycles. The summed E-state index contributed by atoms with van der Waals surface area (Å²) in [7, 11) is 0. The van der Waals surface area contributed by atoms with Crippen LogP contribution in [0.5, 0.6) is 0 Å². The van der Waals surface area contributed by atoms with E-state index in [-0.39, 0.29) is 0 Å². The quantitative estimate of drug-likeness (QED) is 0.771. The van der Waals surface area contributed by atoms with Gasteiger partial charge in [0.05, 0.1) is 5.69 Å². The van der Waals surface area contributed by atoms with Gasteiger partial charge in [0.1, 0.15) is 0 Å². The Morgan fingerprint density at radius 2 is 2.44 bits per heavy atom. The summed E-state index contributed by atoms with van der Waals surface area (Å²) < 4.78 is 2.07. The van der Waals surface area contributed by atoms with E-state index in [0.29, 0.717) is 17.3 Å². The molecule has 4 heteroatoms. The molecule has 2 nitrogen and oxygen atoms in total. The topological polar surface area (TPSA) is 17.8 Å². The number of alkyl halides is 1. The molecule has 1 fully saturated rings. The molecule has 3 atom stereocenters. The normalized spacial score (nSPS) is 27.2. The number of nitrogens with zero attached hydrogens (tertiary/aromatic N) is 2. The van der Waals surface area contributed by atoms with E-state index >= 15 is 0 Å². The lowest BCUT2D eigenvalue weighted by Gasteiger charge is -2.11. The molecule has 0 N–H and O–H groups in total. The van der Waals surface area contributed by atoms with Crippen molar-refractivity contribution in [2.24, 2.45) is 5.92 Å². The van der Waals surface area contributed by atoms with Crippen molar-refractivity contribution in [1.29, 1.82) is 0 Å². The predicted molar refractivity (Wildman–Crippen MR) is 71.4 cm³/mol. The molecule has 2 rings (SSSR count). The highest BCUT2D eigenvalue weighted by Gasteiger charge is 2.26. The van der Waals surface area contributed by atoms with Gasteiger partial charge >= 0.3 is 0 Å². The Morgan fingerprint density at radius 1 is 1.62 bits per heavy atom. The lowest BCUT2D eigenvalue weighted by molar-refractivity contribution is 0.469. The second-order valence-corrected chi connectivity index (χ2v) is 6.20. The predicted octanol–water partition coefficient (Wildman–Crippen LogP) is 3.37. The van der Waals surface area contributed by atoms with Gasteiger partial charge in [-0.2, -0.15) is 16.9 Å². The van der Waals surface area contributed by atoms with Crippen LogP contribution in [0.4, 0.5) is 0 Å². The van der Waals surface area contributed by atoms with Crippen molar-refractivity contribution >= 4 is 23.4 Å². The van der Waals surface area contributed by atoms with Crippen LogP contribution in [0.15, 0.2) is 12.3 Å². The fraction of sp³-hybridized carbons (Fsp3) is 0.750. The van der Waals surface area contributed by atoms with Crippen molar-refractivity contribution in [2.75, 3.05) is 11.5 Å². The third-order valence-corrected chi connectivity index (χ3v) is 5.25. The van der Waals surface area contributed by atoms with E-state index in [1.54, 1.807) is 0 Å². The Balaban J connectivity index is 1.97. The zero-order valence-corrected chi connectivity index (χ0v) is 11.5. The van der Waals surface area contributed by atoms with Crippen molar-refractivity contribution in [1.82, 2.24) is 9.78 Å². The van der Waals surface area contributed by atoms with Gasteiger partial charge in [0.2, 0.25) is 0 Å². The largest absolute Gasteiger partial charge is 0.270 e. The number of rotatable bonds is 4. The van der Waals surface area contributed by atoms with Gasteiger partial charge in [-0.15, -0.1) is 11.6 Å². The maximum absolute atomic E-state index is 6.27. The molecule has 0 aromatic carbocycles. The van der Waals surface area contributed by atoms with Crippen LogP contribution in [0.3, 0.4) is 0 Å². The van der Waals surface area contributed by atoms with Gasteiger partial charge in [0.15, 0.2) is 0 Å². The first kappa shape index (κ1) is 12.3. The van der Waals surface area contributed by atoms with Crippen molar-refractivity contribution in [3.8, 4) is 0 Å². The van der Waals surface area contributed by atoms with Gasteiger partial charge < -0.3 is 0 Å². The third-order valence-electron chi connectivity index (χ3n) is 3.30. The first-order chi connectivity index (χ1) is 7.70. The molecule has 0 radical (unpaired) electrons. The first-order valence-electron chi connectivity index (χ1n) is 5.96. The molecule has 0 spiro atoms. The maximum Gasteiger partial charge on any atom is 0.0628 e. The second kappa shape index (κ2) is 5.46. The minimum absolute atomic E-state index is 0.332. The number of thioether (sulfide) groups is 1. The molecule has 1 aliphatic heterocycles. The highest BCUT2D eigenvalue weighted by Crippen LogP contribution is 2.30. The highest BCUT2D eigenvalue weighted by molar-refractivity contribution is 7.99. The summed E-state index contributed by atoms with van der Waals surface area (Å²) >= 11 is 8.23. The van der Waals surface area contributed by atoms with Gasteiger partial charge in [-0.25, -0.2) is 0 Å². The van der Waals surface area contributed by atoms with E-state index in [1.165, 1.54) is 11.4 Å². The molecular formula is C12H19ClN2S. The van der Waals surface area contributed by atoms with Crippen molar-refractivity contribution in [3.63, 3.8) is 0 Å². The SMILES string of the molecule is CCC(C)n1ccc(CC2CSCC2Cl)n1. The summed E-state index contributed by atoms with van der Waals surface area (Å²) in [5.74, 6) is 2.88. The fourth-order valence-corrected chi connectivity index (χ4v) is 3.78. The lowest BCUT2D eigenvalue weighted by Crippen LogP contribution is -2.15. The summed E-state index contributed by atoms with van der Waals surface area (Å²) in [6, 6.07) is 2.64. The molecule has 90 valence electrons. The van der Waals surface area contributed by atoms with E-state index in [9.17, 15) is 0 Å². The van der Waals surface area contributed by atoms with E-state index in [1.807, 2.05) is 11.8 Å². The molecule has 1 aromatic rings. The number of aromatic nitrogens is 2. The monoisotopic (exact) mass is 258 g/mol. The average Bonchev–Trinajstić information content (AvgIpc) is 2.89. The first-order valence-corrected chi connectivity index (χ1v) is 7.55. The van der Waals surface area contributed by atoms with Crippen LogP contribution in [-0.4, -0.2) is 26.7 Å². The van der Waals surface area contributed by atoms with Crippen LogP contribution in [0, 0.1) is 5.92 Å². The molecule has 16 heavy (non-hydrogen) atoms. The summed E-state index contributed by atoms with van der Waals surface area (Å²) in [6.45, 7) is 4.39. The standard InChI is InChI=1S/C12H19ClN2S/c1-3-9(2)15-5-4-11(14-15)6-10-7-16-8-12(10)13/h4-5,9-10,12H,3,6-8H2,1-2H3. The third kappa shape index (κ3) is 2.75. The second-order valence-electron chi connectivity index (χ2n) is 4.56. The number of hydrogen-bond acceptors (Lipinski definition) is 2. The molecule has 1 aliphatic rings. The van der Waals surface area contributed by atoms with Crippen molar-refractivity contribution in [2.45, 2.75) is 38.1 Å². The Kier molecular flexibility index (Phi) is 4.20. The van der Waals surface area contributed by atoms with Crippen LogP contribution < -0.4 is 0 Å². The smallest absolute Gasteiger partial charge is 0.0628 e. The zero-order chi connectivity index (χ0) is 11.5. The molecule has 3 unspecified atom stereocenters. The lowest BCUT2D eigenvalue weighted by atomic mass is 10.0. The highest BCUT2D eigenvalue weighted by atomic mass is 35.5. The van der Waals surface area contributed by atoms with Crippen LogP contribution in [0.2, 0.25) is 0 Å². The fourth-order valence-electron chi connectivity index (χ4n) is 1.95. The van der Waals surface area contributed by atoms with Crippen LogP contribution in [0.25, 0.3) is 0 Å². The molecule has 0 saturated carbocycles. The van der Waals surface area contributed by atoms with Crippen LogP contribution in [-0.2, 0) is 6.42 Å². The van der Waals surface area contributed by atoms with Crippen LogP contribution >= 0.6 is 23.4 Å². The molecule has 1 saturated heterocycles. The zero-order valence-electron chi connectivity index (χ0n) is 9.90.